The van der Waals surface area contributed by atoms with Gasteiger partial charge in [-0.15, -0.1) is 0 Å². The fourth-order valence-corrected chi connectivity index (χ4v) is 2.80. The number of carbonyl (C=O) groups is 1. The number of benzene rings is 1. The molecular formula is C15H17ClN4O. The number of fused-ring (bicyclic) bond motifs is 1. The number of anilines is 2. The van der Waals surface area contributed by atoms with Gasteiger partial charge < -0.3 is 5.32 Å². The molecule has 0 radical (unpaired) electrons. The molecule has 2 amide bonds. The van der Waals surface area contributed by atoms with Crippen LogP contribution in [0.2, 0.25) is 5.02 Å². The number of nitrogens with zero attached hydrogens (tertiary/aromatic N) is 3. The van der Waals surface area contributed by atoms with Crippen molar-refractivity contribution in [3.8, 4) is 0 Å². The fraction of sp³-hybridized carbons (Fsp3) is 0.333. The Kier molecular flexibility index (Phi) is 3.59. The number of urea groups is 1. The van der Waals surface area contributed by atoms with Gasteiger partial charge in [0.2, 0.25) is 0 Å². The molecule has 1 aromatic carbocycles. The Morgan fingerprint density at radius 3 is 2.86 bits per heavy atom. The second kappa shape index (κ2) is 5.41. The third-order valence-electron chi connectivity index (χ3n) is 3.52. The number of carbonyl (C=O) groups excluding carboxylic acids is 1. The average molecular weight is 305 g/mol. The van der Waals surface area contributed by atoms with E-state index in [0.717, 1.165) is 30.0 Å². The van der Waals surface area contributed by atoms with Gasteiger partial charge in [0.05, 0.1) is 16.4 Å². The van der Waals surface area contributed by atoms with Crippen LogP contribution in [0.3, 0.4) is 0 Å². The highest BCUT2D eigenvalue weighted by molar-refractivity contribution is 6.33. The van der Waals surface area contributed by atoms with Crippen LogP contribution in [0.4, 0.5) is 16.3 Å². The van der Waals surface area contributed by atoms with Crippen LogP contribution >= 0.6 is 11.6 Å². The van der Waals surface area contributed by atoms with Gasteiger partial charge in [0.15, 0.2) is 0 Å². The van der Waals surface area contributed by atoms with E-state index in [0.29, 0.717) is 17.3 Å². The third-order valence-corrected chi connectivity index (χ3v) is 3.83. The van der Waals surface area contributed by atoms with E-state index >= 15 is 0 Å². The first-order valence-corrected chi connectivity index (χ1v) is 7.31. The Balaban J connectivity index is 1.83. The van der Waals surface area contributed by atoms with E-state index in [1.807, 2.05) is 42.8 Å². The Hall–Kier alpha value is -2.01. The van der Waals surface area contributed by atoms with Gasteiger partial charge in [-0.25, -0.2) is 9.48 Å². The van der Waals surface area contributed by atoms with Gasteiger partial charge in [-0.2, -0.15) is 5.10 Å². The highest BCUT2D eigenvalue weighted by atomic mass is 35.5. The van der Waals surface area contributed by atoms with E-state index in [2.05, 4.69) is 10.4 Å². The molecule has 0 saturated heterocycles. The zero-order valence-corrected chi connectivity index (χ0v) is 12.8. The summed E-state index contributed by atoms with van der Waals surface area (Å²) < 4.78 is 1.87. The standard InChI is InChI=1S/C15H17ClN4O/c1-10-4-5-13(12(16)8-10)17-15(21)19-6-3-7-20-14(19)9-11(2)18-20/h4-5,8-9H,3,6-7H2,1-2H3,(H,17,21). The SMILES string of the molecule is Cc1ccc(NC(=O)N2CCCn3nc(C)cc32)c(Cl)c1. The van der Waals surface area contributed by atoms with Gasteiger partial charge in [-0.1, -0.05) is 17.7 Å². The number of rotatable bonds is 1. The second-order valence-corrected chi connectivity index (χ2v) is 5.69. The van der Waals surface area contributed by atoms with Gasteiger partial charge in [-0.05, 0) is 38.0 Å². The molecule has 2 aromatic rings. The largest absolute Gasteiger partial charge is 0.327 e. The zero-order chi connectivity index (χ0) is 15.0. The van der Waals surface area contributed by atoms with E-state index in [1.54, 1.807) is 4.90 Å². The van der Waals surface area contributed by atoms with Gasteiger partial charge in [-0.3, -0.25) is 4.90 Å². The monoisotopic (exact) mass is 304 g/mol. The first kappa shape index (κ1) is 13.9. The number of hydrogen-bond acceptors (Lipinski definition) is 2. The molecule has 0 spiro atoms. The van der Waals surface area contributed by atoms with Crippen molar-refractivity contribution in [3.05, 3.63) is 40.5 Å². The smallest absolute Gasteiger partial charge is 0.306 e. The highest BCUT2D eigenvalue weighted by Gasteiger charge is 2.24. The Bertz CT molecular complexity index is 695. The minimum absolute atomic E-state index is 0.179. The van der Waals surface area contributed by atoms with Gasteiger partial charge in [0.1, 0.15) is 5.82 Å². The van der Waals surface area contributed by atoms with Crippen molar-refractivity contribution in [2.75, 3.05) is 16.8 Å². The summed E-state index contributed by atoms with van der Waals surface area (Å²) in [6.45, 7) is 5.42. The molecule has 5 nitrogen and oxygen atoms in total. The molecular weight excluding hydrogens is 288 g/mol. The summed E-state index contributed by atoms with van der Waals surface area (Å²) in [5.74, 6) is 0.833. The number of halogens is 1. The molecule has 3 rings (SSSR count). The summed E-state index contributed by atoms with van der Waals surface area (Å²) >= 11 is 6.17. The molecule has 1 aliphatic rings. The van der Waals surface area contributed by atoms with Crippen molar-refractivity contribution in [1.29, 1.82) is 0 Å². The van der Waals surface area contributed by atoms with E-state index in [1.165, 1.54) is 0 Å². The number of amides is 2. The molecule has 6 heteroatoms. The minimum atomic E-state index is -0.179. The van der Waals surface area contributed by atoms with Crippen LogP contribution in [-0.2, 0) is 6.54 Å². The maximum Gasteiger partial charge on any atom is 0.327 e. The van der Waals surface area contributed by atoms with Crippen LogP contribution in [0.5, 0.6) is 0 Å². The molecule has 0 unspecified atom stereocenters. The van der Waals surface area contributed by atoms with Gasteiger partial charge in [0, 0.05) is 19.2 Å². The van der Waals surface area contributed by atoms with E-state index in [9.17, 15) is 4.79 Å². The lowest BCUT2D eigenvalue weighted by Gasteiger charge is -2.27. The van der Waals surface area contributed by atoms with Crippen LogP contribution in [-0.4, -0.2) is 22.4 Å². The predicted octanol–water partition coefficient (Wildman–Crippen LogP) is 3.60. The van der Waals surface area contributed by atoms with Crippen LogP contribution < -0.4 is 10.2 Å². The second-order valence-electron chi connectivity index (χ2n) is 5.29. The summed E-state index contributed by atoms with van der Waals surface area (Å²) in [6, 6.07) is 7.33. The molecule has 1 N–H and O–H groups in total. The zero-order valence-electron chi connectivity index (χ0n) is 12.1. The molecule has 2 heterocycles. The molecule has 1 aromatic heterocycles. The van der Waals surface area contributed by atoms with E-state index < -0.39 is 0 Å². The molecule has 1 aliphatic heterocycles. The topological polar surface area (TPSA) is 50.2 Å². The molecule has 21 heavy (non-hydrogen) atoms. The van der Waals surface area contributed by atoms with Gasteiger partial charge >= 0.3 is 6.03 Å². The lowest BCUT2D eigenvalue weighted by molar-refractivity contribution is 0.255. The normalized spacial score (nSPS) is 14.0. The first-order chi connectivity index (χ1) is 10.0. The molecule has 0 atom stereocenters. The minimum Gasteiger partial charge on any atom is -0.306 e. The van der Waals surface area contributed by atoms with Crippen LogP contribution in [0, 0.1) is 13.8 Å². The van der Waals surface area contributed by atoms with Crippen LogP contribution in [0.25, 0.3) is 0 Å². The number of aryl methyl sites for hydroxylation is 3. The number of hydrogen-bond donors (Lipinski definition) is 1. The van der Waals surface area contributed by atoms with E-state index in [4.69, 9.17) is 11.6 Å². The van der Waals surface area contributed by atoms with Crippen molar-refractivity contribution in [2.45, 2.75) is 26.8 Å². The van der Waals surface area contributed by atoms with Gasteiger partial charge in [0.25, 0.3) is 0 Å². The summed E-state index contributed by atoms with van der Waals surface area (Å²) in [4.78, 5) is 14.2. The third kappa shape index (κ3) is 2.74. The summed E-state index contributed by atoms with van der Waals surface area (Å²) in [5, 5.41) is 7.81. The molecule has 0 saturated carbocycles. The van der Waals surface area contributed by atoms with Crippen molar-refractivity contribution in [2.24, 2.45) is 0 Å². The summed E-state index contributed by atoms with van der Waals surface area (Å²) in [7, 11) is 0. The maximum atomic E-state index is 12.5. The van der Waals surface area contributed by atoms with Crippen LogP contribution in [0.1, 0.15) is 17.7 Å². The van der Waals surface area contributed by atoms with Crippen molar-refractivity contribution >= 4 is 29.1 Å². The lowest BCUT2D eigenvalue weighted by atomic mass is 10.2. The molecule has 0 fully saturated rings. The molecule has 110 valence electrons. The first-order valence-electron chi connectivity index (χ1n) is 6.94. The maximum absolute atomic E-state index is 12.5. The summed E-state index contributed by atoms with van der Waals surface area (Å²) in [5.41, 5.74) is 2.60. The molecule has 0 bridgehead atoms. The van der Waals surface area contributed by atoms with Crippen molar-refractivity contribution in [3.63, 3.8) is 0 Å². The summed E-state index contributed by atoms with van der Waals surface area (Å²) in [6.07, 6.45) is 0.892. The predicted molar refractivity (Wildman–Crippen MR) is 84.1 cm³/mol. The quantitative estimate of drug-likeness (QED) is 0.875. The van der Waals surface area contributed by atoms with Crippen LogP contribution in [0.15, 0.2) is 24.3 Å². The Morgan fingerprint density at radius 1 is 1.29 bits per heavy atom. The Morgan fingerprint density at radius 2 is 2.10 bits per heavy atom. The number of aromatic nitrogens is 2. The average Bonchev–Trinajstić information content (AvgIpc) is 2.81. The number of nitrogens with one attached hydrogen (secondary N) is 1. The fourth-order valence-electron chi connectivity index (χ4n) is 2.52. The Labute approximate surface area is 128 Å². The van der Waals surface area contributed by atoms with Crippen molar-refractivity contribution in [1.82, 2.24) is 9.78 Å². The van der Waals surface area contributed by atoms with E-state index in [-0.39, 0.29) is 6.03 Å². The van der Waals surface area contributed by atoms with Crippen molar-refractivity contribution < 1.29 is 4.79 Å². The lowest BCUT2D eigenvalue weighted by Crippen LogP contribution is -2.40. The highest BCUT2D eigenvalue weighted by Crippen LogP contribution is 2.26. The molecule has 0 aliphatic carbocycles.